The molecular formula is C56H45NO. The highest BCUT2D eigenvalue weighted by Gasteiger charge is 2.39. The Hall–Kier alpha value is -6.64. The maximum absolute atomic E-state index is 6.28. The number of furan rings is 1. The second-order valence-corrected chi connectivity index (χ2v) is 17.5. The van der Waals surface area contributed by atoms with Crippen LogP contribution >= 0.6 is 0 Å². The minimum atomic E-state index is -0.188. The van der Waals surface area contributed by atoms with Crippen LogP contribution in [0, 0.1) is 13.8 Å². The molecule has 1 heterocycles. The molecule has 280 valence electrons. The van der Waals surface area contributed by atoms with E-state index in [0.717, 1.165) is 38.9 Å². The van der Waals surface area contributed by atoms with Crippen LogP contribution in [-0.4, -0.2) is 0 Å². The number of anilines is 3. The van der Waals surface area contributed by atoms with Crippen molar-refractivity contribution in [2.45, 2.75) is 52.4 Å². The van der Waals surface area contributed by atoms with Crippen molar-refractivity contribution in [1.82, 2.24) is 0 Å². The number of nitrogens with zero attached hydrogens (tertiary/aromatic N) is 1. The Bertz CT molecular complexity index is 3140. The highest BCUT2D eigenvalue weighted by molar-refractivity contribution is 6.12. The first-order valence-electron chi connectivity index (χ1n) is 20.5. The molecule has 2 aliphatic rings. The highest BCUT2D eigenvalue weighted by atomic mass is 16.3. The van der Waals surface area contributed by atoms with Crippen molar-refractivity contribution in [2.24, 2.45) is 0 Å². The molecule has 11 rings (SSSR count). The van der Waals surface area contributed by atoms with Crippen LogP contribution in [0.2, 0.25) is 0 Å². The molecule has 0 amide bonds. The molecule has 0 saturated carbocycles. The van der Waals surface area contributed by atoms with Gasteiger partial charge in [-0.1, -0.05) is 149 Å². The minimum Gasteiger partial charge on any atom is -0.456 e. The maximum atomic E-state index is 6.28. The summed E-state index contributed by atoms with van der Waals surface area (Å²) in [6.07, 6.45) is 0. The van der Waals surface area contributed by atoms with E-state index < -0.39 is 0 Å². The summed E-state index contributed by atoms with van der Waals surface area (Å²) >= 11 is 0. The first kappa shape index (κ1) is 34.6. The largest absolute Gasteiger partial charge is 0.456 e. The Balaban J connectivity index is 1.08. The zero-order valence-corrected chi connectivity index (χ0v) is 33.9. The van der Waals surface area contributed by atoms with Gasteiger partial charge in [0.05, 0.1) is 5.69 Å². The lowest BCUT2D eigenvalue weighted by Gasteiger charge is -2.32. The normalized spacial score (nSPS) is 14.3. The molecule has 1 aromatic heterocycles. The zero-order chi connectivity index (χ0) is 39.5. The molecule has 0 atom stereocenters. The third-order valence-electron chi connectivity index (χ3n) is 13.2. The molecule has 0 fully saturated rings. The molecule has 0 N–H and O–H groups in total. The maximum Gasteiger partial charge on any atom is 0.136 e. The van der Waals surface area contributed by atoms with Gasteiger partial charge in [0.15, 0.2) is 0 Å². The average molecular weight is 748 g/mol. The quantitative estimate of drug-likeness (QED) is 0.174. The van der Waals surface area contributed by atoms with Gasteiger partial charge in [-0.2, -0.15) is 0 Å². The van der Waals surface area contributed by atoms with Crippen molar-refractivity contribution in [3.63, 3.8) is 0 Å². The monoisotopic (exact) mass is 747 g/mol. The second-order valence-electron chi connectivity index (χ2n) is 17.5. The van der Waals surface area contributed by atoms with E-state index in [1.807, 2.05) is 6.07 Å². The van der Waals surface area contributed by atoms with Gasteiger partial charge in [0.2, 0.25) is 0 Å². The number of aryl methyl sites for hydroxylation is 2. The van der Waals surface area contributed by atoms with Gasteiger partial charge in [-0.3, -0.25) is 0 Å². The number of hydrogen-bond acceptors (Lipinski definition) is 2. The van der Waals surface area contributed by atoms with Crippen LogP contribution in [-0.2, 0) is 10.8 Å². The van der Waals surface area contributed by atoms with Gasteiger partial charge in [-0.15, -0.1) is 0 Å². The molecular weight excluding hydrogens is 703 g/mol. The van der Waals surface area contributed by atoms with E-state index in [0.29, 0.717) is 0 Å². The van der Waals surface area contributed by atoms with Crippen LogP contribution in [0.25, 0.3) is 66.4 Å². The van der Waals surface area contributed by atoms with Gasteiger partial charge in [0.25, 0.3) is 0 Å². The Morgan fingerprint density at radius 3 is 1.98 bits per heavy atom. The van der Waals surface area contributed by atoms with Crippen LogP contribution in [0.15, 0.2) is 168 Å². The number of para-hydroxylation sites is 1. The molecule has 2 nitrogen and oxygen atoms in total. The van der Waals surface area contributed by atoms with Gasteiger partial charge in [-0.25, -0.2) is 0 Å². The van der Waals surface area contributed by atoms with E-state index in [4.69, 9.17) is 4.42 Å². The fourth-order valence-electron chi connectivity index (χ4n) is 10.5. The smallest absolute Gasteiger partial charge is 0.136 e. The van der Waals surface area contributed by atoms with Crippen LogP contribution in [0.5, 0.6) is 0 Å². The summed E-state index contributed by atoms with van der Waals surface area (Å²) in [4.78, 5) is 2.48. The summed E-state index contributed by atoms with van der Waals surface area (Å²) in [6, 6.07) is 60.6. The van der Waals surface area contributed by atoms with Gasteiger partial charge in [0, 0.05) is 33.0 Å². The molecule has 2 heteroatoms. The lowest BCUT2D eigenvalue weighted by molar-refractivity contribution is 0.659. The molecule has 0 aliphatic heterocycles. The van der Waals surface area contributed by atoms with Crippen molar-refractivity contribution in [3.05, 3.63) is 197 Å². The lowest BCUT2D eigenvalue weighted by Crippen LogP contribution is -2.20. The van der Waals surface area contributed by atoms with Crippen molar-refractivity contribution < 1.29 is 4.42 Å². The van der Waals surface area contributed by atoms with E-state index in [-0.39, 0.29) is 10.8 Å². The number of fused-ring (bicyclic) bond motifs is 9. The first-order valence-corrected chi connectivity index (χ1v) is 20.5. The average Bonchev–Trinajstić information content (AvgIpc) is 3.81. The van der Waals surface area contributed by atoms with Gasteiger partial charge in [-0.05, 0) is 135 Å². The molecule has 9 aromatic rings. The molecule has 58 heavy (non-hydrogen) atoms. The number of hydrogen-bond donors (Lipinski definition) is 0. The lowest BCUT2D eigenvalue weighted by atomic mass is 9.81. The fourth-order valence-corrected chi connectivity index (χ4v) is 10.5. The number of rotatable bonds is 5. The molecule has 8 aromatic carbocycles. The highest BCUT2D eigenvalue weighted by Crippen LogP contribution is 2.55. The molecule has 0 bridgehead atoms. The van der Waals surface area contributed by atoms with Crippen molar-refractivity contribution in [3.8, 4) is 44.5 Å². The molecule has 0 radical (unpaired) electrons. The van der Waals surface area contributed by atoms with E-state index in [1.165, 1.54) is 78.0 Å². The summed E-state index contributed by atoms with van der Waals surface area (Å²) in [5, 5.41) is 2.29. The zero-order valence-electron chi connectivity index (χ0n) is 33.9. The first-order chi connectivity index (χ1) is 28.1. The Labute approximate surface area is 341 Å². The Morgan fingerprint density at radius 1 is 0.448 bits per heavy atom. The third-order valence-corrected chi connectivity index (χ3v) is 13.2. The van der Waals surface area contributed by atoms with E-state index in [9.17, 15) is 0 Å². The molecule has 0 unspecified atom stereocenters. The van der Waals surface area contributed by atoms with E-state index in [2.05, 4.69) is 204 Å². The van der Waals surface area contributed by atoms with Crippen LogP contribution in [0.1, 0.15) is 61.1 Å². The SMILES string of the molecule is Cc1cc(C)c2c(c1)C(C)(C)c1ccc(-c3cccc(N(c4ccc(-c5cccc6oc7ccccc7c56)cc4)c4cccc5c4C(C)(C)c4ccccc4-5)c3)cc1-2. The molecule has 0 spiro atoms. The summed E-state index contributed by atoms with van der Waals surface area (Å²) in [7, 11) is 0. The summed E-state index contributed by atoms with van der Waals surface area (Å²) in [5.41, 5.74) is 23.4. The third kappa shape index (κ3) is 4.97. The summed E-state index contributed by atoms with van der Waals surface area (Å²) in [6.45, 7) is 14.0. The van der Waals surface area contributed by atoms with Crippen molar-refractivity contribution in [2.75, 3.05) is 4.90 Å². The molecule has 2 aliphatic carbocycles. The Kier molecular flexibility index (Phi) is 7.41. The van der Waals surface area contributed by atoms with Crippen molar-refractivity contribution in [1.29, 1.82) is 0 Å². The summed E-state index contributed by atoms with van der Waals surface area (Å²) < 4.78 is 6.28. The predicted octanol–water partition coefficient (Wildman–Crippen LogP) is 15.6. The Morgan fingerprint density at radius 2 is 1.12 bits per heavy atom. The molecule has 0 saturated heterocycles. The van der Waals surface area contributed by atoms with Crippen LogP contribution in [0.4, 0.5) is 17.1 Å². The van der Waals surface area contributed by atoms with E-state index >= 15 is 0 Å². The van der Waals surface area contributed by atoms with Gasteiger partial charge >= 0.3 is 0 Å². The van der Waals surface area contributed by atoms with Crippen LogP contribution in [0.3, 0.4) is 0 Å². The summed E-state index contributed by atoms with van der Waals surface area (Å²) in [5.74, 6) is 0. The predicted molar refractivity (Wildman–Crippen MR) is 244 cm³/mol. The van der Waals surface area contributed by atoms with E-state index in [1.54, 1.807) is 0 Å². The minimum absolute atomic E-state index is 0.0426. The topological polar surface area (TPSA) is 16.4 Å². The van der Waals surface area contributed by atoms with Gasteiger partial charge < -0.3 is 9.32 Å². The van der Waals surface area contributed by atoms with Gasteiger partial charge in [0.1, 0.15) is 11.2 Å². The standard InChI is InChI=1S/C56H45NO/c1-34-30-35(2)52-45-33-38(26-29-47(45)55(3,4)48(52)31-34)37-14-11-15-40(32-37)57(49-21-12-19-43-42-16-7-9-20-46(42)56(5,6)54(43)49)39-27-24-36(25-28-39)41-18-13-23-51-53(41)44-17-8-10-22-50(44)58-51/h7-33H,1-6H3. The number of benzene rings is 8. The van der Waals surface area contributed by atoms with Crippen molar-refractivity contribution >= 4 is 39.0 Å². The second kappa shape index (κ2) is 12.4. The van der Waals surface area contributed by atoms with Crippen LogP contribution < -0.4 is 4.90 Å². The fraction of sp³-hybridized carbons (Fsp3) is 0.143.